The SMILES string of the molecule is COc1cc2ncnc(C(=O)c3ccc(F)cc3)c2cc1OC. The van der Waals surface area contributed by atoms with Gasteiger partial charge in [-0.05, 0) is 30.3 Å². The van der Waals surface area contributed by atoms with Gasteiger partial charge in [-0.2, -0.15) is 0 Å². The number of ether oxygens (including phenoxy) is 2. The molecule has 0 saturated carbocycles. The summed E-state index contributed by atoms with van der Waals surface area (Å²) in [5.74, 6) is 0.270. The molecule has 0 saturated heterocycles. The van der Waals surface area contributed by atoms with Crippen LogP contribution in [0.2, 0.25) is 0 Å². The van der Waals surface area contributed by atoms with Crippen molar-refractivity contribution >= 4 is 16.7 Å². The van der Waals surface area contributed by atoms with Gasteiger partial charge < -0.3 is 9.47 Å². The summed E-state index contributed by atoms with van der Waals surface area (Å²) in [5, 5.41) is 0.541. The molecule has 0 aliphatic rings. The zero-order valence-corrected chi connectivity index (χ0v) is 12.5. The number of methoxy groups -OCH3 is 2. The van der Waals surface area contributed by atoms with Crippen molar-refractivity contribution in [3.05, 3.63) is 59.8 Å². The number of hydrogen-bond donors (Lipinski definition) is 0. The fourth-order valence-corrected chi connectivity index (χ4v) is 2.30. The number of fused-ring (bicyclic) bond motifs is 1. The van der Waals surface area contributed by atoms with Crippen LogP contribution in [0.25, 0.3) is 10.9 Å². The first kappa shape index (κ1) is 14.9. The summed E-state index contributed by atoms with van der Waals surface area (Å²) in [5.41, 5.74) is 1.13. The average Bonchev–Trinajstić information content (AvgIpc) is 2.60. The Hall–Kier alpha value is -3.02. The van der Waals surface area contributed by atoms with E-state index >= 15 is 0 Å². The molecule has 23 heavy (non-hydrogen) atoms. The maximum atomic E-state index is 13.0. The number of halogens is 1. The average molecular weight is 312 g/mol. The summed E-state index contributed by atoms with van der Waals surface area (Å²) < 4.78 is 23.5. The highest BCUT2D eigenvalue weighted by atomic mass is 19.1. The van der Waals surface area contributed by atoms with Gasteiger partial charge in [0.25, 0.3) is 0 Å². The Bertz CT molecular complexity index is 879. The van der Waals surface area contributed by atoms with Gasteiger partial charge in [-0.15, -0.1) is 0 Å². The lowest BCUT2D eigenvalue weighted by Gasteiger charge is -2.10. The first-order valence-electron chi connectivity index (χ1n) is 6.81. The Balaban J connectivity index is 2.17. The third-order valence-corrected chi connectivity index (χ3v) is 3.46. The molecule has 3 rings (SSSR count). The molecule has 0 spiro atoms. The first-order valence-corrected chi connectivity index (χ1v) is 6.81. The highest BCUT2D eigenvalue weighted by Gasteiger charge is 2.17. The molecular formula is C17H13FN2O3. The van der Waals surface area contributed by atoms with Crippen LogP contribution >= 0.6 is 0 Å². The van der Waals surface area contributed by atoms with Crippen molar-refractivity contribution in [3.8, 4) is 11.5 Å². The molecule has 116 valence electrons. The number of benzene rings is 2. The van der Waals surface area contributed by atoms with Crippen molar-refractivity contribution in [2.24, 2.45) is 0 Å². The van der Waals surface area contributed by atoms with Crippen LogP contribution in [-0.2, 0) is 0 Å². The molecule has 3 aromatic rings. The number of nitrogens with zero attached hydrogens (tertiary/aromatic N) is 2. The number of hydrogen-bond acceptors (Lipinski definition) is 5. The molecule has 1 aromatic heterocycles. The maximum Gasteiger partial charge on any atom is 0.212 e. The molecule has 0 fully saturated rings. The molecule has 0 radical (unpaired) electrons. The first-order chi connectivity index (χ1) is 11.1. The molecular weight excluding hydrogens is 299 g/mol. The number of rotatable bonds is 4. The van der Waals surface area contributed by atoms with Gasteiger partial charge in [0.15, 0.2) is 11.5 Å². The molecule has 0 unspecified atom stereocenters. The van der Waals surface area contributed by atoms with Crippen LogP contribution in [0.5, 0.6) is 11.5 Å². The summed E-state index contributed by atoms with van der Waals surface area (Å²) in [7, 11) is 3.03. The van der Waals surface area contributed by atoms with E-state index in [0.717, 1.165) is 0 Å². The van der Waals surface area contributed by atoms with E-state index in [1.165, 1.54) is 44.8 Å². The van der Waals surface area contributed by atoms with Gasteiger partial charge in [-0.25, -0.2) is 14.4 Å². The summed E-state index contributed by atoms with van der Waals surface area (Å²) in [6.45, 7) is 0. The van der Waals surface area contributed by atoms with Gasteiger partial charge in [0.05, 0.1) is 19.7 Å². The molecule has 0 bridgehead atoms. The second kappa shape index (κ2) is 6.00. The normalized spacial score (nSPS) is 10.6. The third kappa shape index (κ3) is 2.70. The van der Waals surface area contributed by atoms with E-state index in [2.05, 4.69) is 9.97 Å². The quantitative estimate of drug-likeness (QED) is 0.693. The topological polar surface area (TPSA) is 61.3 Å². The number of aromatic nitrogens is 2. The number of ketones is 1. The minimum atomic E-state index is -0.402. The van der Waals surface area contributed by atoms with Crippen molar-refractivity contribution in [3.63, 3.8) is 0 Å². The van der Waals surface area contributed by atoms with E-state index in [4.69, 9.17) is 9.47 Å². The van der Waals surface area contributed by atoms with Gasteiger partial charge in [0.1, 0.15) is 17.8 Å². The standard InChI is InChI=1S/C17H13FN2O3/c1-22-14-7-12-13(8-15(14)23-2)19-9-20-16(12)17(21)10-3-5-11(18)6-4-10/h3-9H,1-2H3. The van der Waals surface area contributed by atoms with Gasteiger partial charge in [-0.1, -0.05) is 0 Å². The van der Waals surface area contributed by atoms with Crippen molar-refractivity contribution in [2.75, 3.05) is 14.2 Å². The van der Waals surface area contributed by atoms with E-state index in [-0.39, 0.29) is 11.5 Å². The monoisotopic (exact) mass is 312 g/mol. The van der Waals surface area contributed by atoms with Crippen molar-refractivity contribution < 1.29 is 18.7 Å². The van der Waals surface area contributed by atoms with Gasteiger partial charge >= 0.3 is 0 Å². The third-order valence-electron chi connectivity index (χ3n) is 3.46. The van der Waals surface area contributed by atoms with Crippen molar-refractivity contribution in [2.45, 2.75) is 0 Å². The second-order valence-corrected chi connectivity index (χ2v) is 4.78. The Kier molecular flexibility index (Phi) is 3.89. The van der Waals surface area contributed by atoms with E-state index in [9.17, 15) is 9.18 Å². The van der Waals surface area contributed by atoms with Crippen LogP contribution in [0.4, 0.5) is 4.39 Å². The molecule has 0 amide bonds. The molecule has 6 heteroatoms. The molecule has 1 heterocycles. The number of carbonyl (C=O) groups excluding carboxylic acids is 1. The van der Waals surface area contributed by atoms with Gasteiger partial charge in [0.2, 0.25) is 5.78 Å². The largest absolute Gasteiger partial charge is 0.493 e. The molecule has 0 N–H and O–H groups in total. The minimum Gasteiger partial charge on any atom is -0.493 e. The lowest BCUT2D eigenvalue weighted by atomic mass is 10.0. The van der Waals surface area contributed by atoms with Crippen molar-refractivity contribution in [1.29, 1.82) is 0 Å². The molecule has 0 aliphatic heterocycles. The Morgan fingerprint density at radius 3 is 2.30 bits per heavy atom. The predicted octanol–water partition coefficient (Wildman–Crippen LogP) is 3.02. The lowest BCUT2D eigenvalue weighted by Crippen LogP contribution is -2.06. The highest BCUT2D eigenvalue weighted by molar-refractivity contribution is 6.14. The fourth-order valence-electron chi connectivity index (χ4n) is 2.30. The van der Waals surface area contributed by atoms with E-state index in [0.29, 0.717) is 28.0 Å². The van der Waals surface area contributed by atoms with Crippen LogP contribution < -0.4 is 9.47 Å². The van der Waals surface area contributed by atoms with Crippen molar-refractivity contribution in [1.82, 2.24) is 9.97 Å². The van der Waals surface area contributed by atoms with Crippen LogP contribution in [-0.4, -0.2) is 30.0 Å². The molecule has 2 aromatic carbocycles. The zero-order valence-electron chi connectivity index (χ0n) is 12.5. The summed E-state index contributed by atoms with van der Waals surface area (Å²) in [6, 6.07) is 8.65. The van der Waals surface area contributed by atoms with Crippen LogP contribution in [0.1, 0.15) is 16.1 Å². The van der Waals surface area contributed by atoms with Crippen LogP contribution in [0.3, 0.4) is 0 Å². The minimum absolute atomic E-state index is 0.225. The molecule has 0 aliphatic carbocycles. The zero-order chi connectivity index (χ0) is 16.4. The maximum absolute atomic E-state index is 13.0. The highest BCUT2D eigenvalue weighted by Crippen LogP contribution is 2.32. The Morgan fingerprint density at radius 2 is 1.65 bits per heavy atom. The van der Waals surface area contributed by atoms with E-state index < -0.39 is 5.82 Å². The summed E-state index contributed by atoms with van der Waals surface area (Å²) in [6.07, 6.45) is 1.31. The molecule has 5 nitrogen and oxygen atoms in total. The van der Waals surface area contributed by atoms with Gasteiger partial charge in [-0.3, -0.25) is 4.79 Å². The molecule has 0 atom stereocenters. The second-order valence-electron chi connectivity index (χ2n) is 4.78. The lowest BCUT2D eigenvalue weighted by molar-refractivity contribution is 0.103. The van der Waals surface area contributed by atoms with E-state index in [1.807, 2.05) is 0 Å². The van der Waals surface area contributed by atoms with E-state index in [1.54, 1.807) is 12.1 Å². The fraction of sp³-hybridized carbons (Fsp3) is 0.118. The Labute approximate surface area is 131 Å². The Morgan fingerprint density at radius 1 is 1.00 bits per heavy atom. The van der Waals surface area contributed by atoms with Gasteiger partial charge in [0, 0.05) is 17.0 Å². The summed E-state index contributed by atoms with van der Waals surface area (Å²) in [4.78, 5) is 20.9. The van der Waals surface area contributed by atoms with Crippen LogP contribution in [0, 0.1) is 5.82 Å². The smallest absolute Gasteiger partial charge is 0.212 e. The number of carbonyl (C=O) groups is 1. The van der Waals surface area contributed by atoms with Crippen LogP contribution in [0.15, 0.2) is 42.7 Å². The summed E-state index contributed by atoms with van der Waals surface area (Å²) >= 11 is 0. The predicted molar refractivity (Wildman–Crippen MR) is 82.5 cm³/mol.